The number of ether oxygens (including phenoxy) is 1. The lowest BCUT2D eigenvalue weighted by molar-refractivity contribution is -0.187. The Hall–Kier alpha value is -3.29. The molecule has 3 aromatic rings. The quantitative estimate of drug-likeness (QED) is 0.228. The summed E-state index contributed by atoms with van der Waals surface area (Å²) in [6.07, 6.45) is 2.85. The minimum Gasteiger partial charge on any atom is -0.429 e. The predicted octanol–water partition coefficient (Wildman–Crippen LogP) is 9.16. The standard InChI is InChI=1S/C28H23F7O/c1-2-3-16-4-6-17(7-5-16)18-8-10-21(23(29)12-18)19-9-11-22(24(30)13-19)28(34,35)36-20-14-25(31)27(33)26(32)15-20/h6,8-16H,2-5,7H2,1H3. The minimum atomic E-state index is -4.34. The predicted molar refractivity (Wildman–Crippen MR) is 123 cm³/mol. The van der Waals surface area contributed by atoms with Crippen LogP contribution in [0.15, 0.2) is 54.6 Å². The van der Waals surface area contributed by atoms with E-state index in [4.69, 9.17) is 0 Å². The molecule has 190 valence electrons. The molecule has 0 fully saturated rings. The normalized spacial score (nSPS) is 16.1. The van der Waals surface area contributed by atoms with Gasteiger partial charge in [0.15, 0.2) is 17.5 Å². The molecule has 0 saturated carbocycles. The molecular formula is C28H23F7O. The molecule has 3 aromatic carbocycles. The van der Waals surface area contributed by atoms with Crippen molar-refractivity contribution in [3.63, 3.8) is 0 Å². The van der Waals surface area contributed by atoms with E-state index >= 15 is 0 Å². The van der Waals surface area contributed by atoms with Crippen LogP contribution < -0.4 is 4.74 Å². The van der Waals surface area contributed by atoms with Crippen LogP contribution >= 0.6 is 0 Å². The van der Waals surface area contributed by atoms with Gasteiger partial charge in [0.1, 0.15) is 17.4 Å². The van der Waals surface area contributed by atoms with Crippen molar-refractivity contribution >= 4 is 5.57 Å². The fourth-order valence-electron chi connectivity index (χ4n) is 4.48. The van der Waals surface area contributed by atoms with Crippen LogP contribution in [0.4, 0.5) is 30.7 Å². The summed E-state index contributed by atoms with van der Waals surface area (Å²) in [5.74, 6) is -7.76. The molecule has 0 aliphatic heterocycles. The monoisotopic (exact) mass is 508 g/mol. The van der Waals surface area contributed by atoms with Gasteiger partial charge < -0.3 is 4.74 Å². The van der Waals surface area contributed by atoms with Crippen molar-refractivity contribution in [2.45, 2.75) is 45.1 Å². The van der Waals surface area contributed by atoms with Crippen molar-refractivity contribution in [3.8, 4) is 16.9 Å². The van der Waals surface area contributed by atoms with E-state index in [2.05, 4.69) is 17.7 Å². The van der Waals surface area contributed by atoms with Gasteiger partial charge in [0.2, 0.25) is 0 Å². The van der Waals surface area contributed by atoms with E-state index < -0.39 is 46.5 Å². The summed E-state index contributed by atoms with van der Waals surface area (Å²) in [7, 11) is 0. The Kier molecular flexibility index (Phi) is 7.43. The lowest BCUT2D eigenvalue weighted by Gasteiger charge is -2.22. The molecule has 1 unspecified atom stereocenters. The van der Waals surface area contributed by atoms with Gasteiger partial charge in [-0.3, -0.25) is 0 Å². The van der Waals surface area contributed by atoms with Crippen LogP contribution in [0.1, 0.15) is 50.2 Å². The van der Waals surface area contributed by atoms with Crippen LogP contribution in [-0.2, 0) is 6.11 Å². The topological polar surface area (TPSA) is 9.23 Å². The summed E-state index contributed by atoms with van der Waals surface area (Å²) in [6, 6.07) is 7.50. The highest BCUT2D eigenvalue weighted by Crippen LogP contribution is 2.37. The molecule has 8 heteroatoms. The zero-order chi connectivity index (χ0) is 26.0. The van der Waals surface area contributed by atoms with E-state index in [1.807, 2.05) is 0 Å². The Labute approximate surface area is 204 Å². The SMILES string of the molecule is CCCC1CC=C(c2ccc(-c3ccc(C(F)(F)Oc4cc(F)c(F)c(F)c4)c(F)c3)c(F)c2)CC1. The lowest BCUT2D eigenvalue weighted by Crippen LogP contribution is -2.23. The van der Waals surface area contributed by atoms with Crippen LogP contribution in [0.25, 0.3) is 16.7 Å². The molecule has 0 saturated heterocycles. The van der Waals surface area contributed by atoms with E-state index in [1.165, 1.54) is 12.1 Å². The fourth-order valence-corrected chi connectivity index (χ4v) is 4.48. The second kappa shape index (κ2) is 10.4. The smallest absolute Gasteiger partial charge is 0.429 e. The van der Waals surface area contributed by atoms with Crippen LogP contribution in [0.2, 0.25) is 0 Å². The summed E-state index contributed by atoms with van der Waals surface area (Å²) >= 11 is 0. The zero-order valence-corrected chi connectivity index (χ0v) is 19.4. The van der Waals surface area contributed by atoms with Gasteiger partial charge in [-0.1, -0.05) is 44.0 Å². The molecule has 1 atom stereocenters. The van der Waals surface area contributed by atoms with Crippen molar-refractivity contribution in [1.29, 1.82) is 0 Å². The van der Waals surface area contributed by atoms with Gasteiger partial charge in [-0.2, -0.15) is 8.78 Å². The number of alkyl halides is 2. The molecule has 4 rings (SSSR count). The van der Waals surface area contributed by atoms with Crippen LogP contribution in [-0.4, -0.2) is 0 Å². The number of allylic oxidation sites excluding steroid dienone is 2. The van der Waals surface area contributed by atoms with Gasteiger partial charge >= 0.3 is 6.11 Å². The van der Waals surface area contributed by atoms with Crippen LogP contribution in [0.5, 0.6) is 5.75 Å². The number of benzene rings is 3. The van der Waals surface area contributed by atoms with Crippen LogP contribution in [0.3, 0.4) is 0 Å². The fraction of sp³-hybridized carbons (Fsp3) is 0.286. The van der Waals surface area contributed by atoms with Crippen molar-refractivity contribution < 1.29 is 35.5 Å². The largest absolute Gasteiger partial charge is 0.429 e. The summed E-state index contributed by atoms with van der Waals surface area (Å²) in [5, 5.41) is 0. The molecule has 0 N–H and O–H groups in total. The van der Waals surface area contributed by atoms with Gasteiger partial charge in [-0.05, 0) is 60.1 Å². The molecule has 0 radical (unpaired) electrons. The first-order valence-electron chi connectivity index (χ1n) is 11.6. The van der Waals surface area contributed by atoms with Gasteiger partial charge in [-0.25, -0.2) is 22.0 Å². The Morgan fingerprint density at radius 2 is 1.50 bits per heavy atom. The number of rotatable bonds is 7. The maximum atomic E-state index is 14.9. The van der Waals surface area contributed by atoms with Gasteiger partial charge in [0.05, 0.1) is 5.56 Å². The number of hydrogen-bond donors (Lipinski definition) is 0. The zero-order valence-electron chi connectivity index (χ0n) is 19.4. The highest BCUT2D eigenvalue weighted by atomic mass is 19.3. The number of hydrogen-bond acceptors (Lipinski definition) is 1. The molecule has 1 aliphatic rings. The number of halogens is 7. The van der Waals surface area contributed by atoms with Gasteiger partial charge in [-0.15, -0.1) is 0 Å². The second-order valence-electron chi connectivity index (χ2n) is 8.87. The third-order valence-electron chi connectivity index (χ3n) is 6.35. The maximum Gasteiger partial charge on any atom is 0.429 e. The third-order valence-corrected chi connectivity index (χ3v) is 6.35. The Balaban J connectivity index is 1.55. The maximum absolute atomic E-state index is 14.9. The second-order valence-corrected chi connectivity index (χ2v) is 8.87. The average molecular weight is 508 g/mol. The molecule has 0 aromatic heterocycles. The van der Waals surface area contributed by atoms with Crippen molar-refractivity contribution in [2.75, 3.05) is 0 Å². The first kappa shape index (κ1) is 25.8. The summed E-state index contributed by atoms with van der Waals surface area (Å²) < 4.78 is 103. The van der Waals surface area contributed by atoms with E-state index in [-0.39, 0.29) is 23.3 Å². The van der Waals surface area contributed by atoms with Gasteiger partial charge in [0, 0.05) is 17.7 Å². The molecule has 1 nitrogen and oxygen atoms in total. The molecule has 0 amide bonds. The Morgan fingerprint density at radius 1 is 0.833 bits per heavy atom. The molecule has 0 spiro atoms. The first-order valence-corrected chi connectivity index (χ1v) is 11.6. The van der Waals surface area contributed by atoms with E-state index in [0.717, 1.165) is 55.4 Å². The van der Waals surface area contributed by atoms with E-state index in [0.29, 0.717) is 12.0 Å². The Bertz CT molecular complexity index is 1280. The minimum absolute atomic E-state index is 0.0237. The molecular weight excluding hydrogens is 485 g/mol. The molecule has 0 heterocycles. The summed E-state index contributed by atoms with van der Waals surface area (Å²) in [5.41, 5.74) is 0.580. The molecule has 1 aliphatic carbocycles. The first-order chi connectivity index (χ1) is 17.1. The average Bonchev–Trinajstić information content (AvgIpc) is 2.82. The van der Waals surface area contributed by atoms with Crippen LogP contribution in [0, 0.1) is 35.0 Å². The highest BCUT2D eigenvalue weighted by molar-refractivity contribution is 5.71. The lowest BCUT2D eigenvalue weighted by atomic mass is 9.84. The summed E-state index contributed by atoms with van der Waals surface area (Å²) in [6.45, 7) is 2.14. The van der Waals surface area contributed by atoms with E-state index in [9.17, 15) is 30.7 Å². The van der Waals surface area contributed by atoms with Crippen molar-refractivity contribution in [3.05, 3.63) is 94.8 Å². The highest BCUT2D eigenvalue weighted by Gasteiger charge is 2.38. The third kappa shape index (κ3) is 5.42. The van der Waals surface area contributed by atoms with Crippen molar-refractivity contribution in [1.82, 2.24) is 0 Å². The molecule has 36 heavy (non-hydrogen) atoms. The van der Waals surface area contributed by atoms with Gasteiger partial charge in [0.25, 0.3) is 0 Å². The van der Waals surface area contributed by atoms with E-state index in [1.54, 1.807) is 6.07 Å². The molecule has 0 bridgehead atoms. The van der Waals surface area contributed by atoms with Crippen molar-refractivity contribution in [2.24, 2.45) is 5.92 Å². The Morgan fingerprint density at radius 3 is 2.08 bits per heavy atom. The summed E-state index contributed by atoms with van der Waals surface area (Å²) in [4.78, 5) is 0.